The summed E-state index contributed by atoms with van der Waals surface area (Å²) >= 11 is 7.35. The molecule has 0 radical (unpaired) electrons. The Labute approximate surface area is 112 Å². The standard InChI is InChI=1S/C10H9ClN6S/c1-17-6(5-13-16-17)4-12-9-7(11)2-3-8-10(9)15-18-14-8/h2-3,5,12H,4H2,1H3. The van der Waals surface area contributed by atoms with Gasteiger partial charge in [-0.2, -0.15) is 8.75 Å². The molecule has 8 heteroatoms. The van der Waals surface area contributed by atoms with Crippen LogP contribution in [0.15, 0.2) is 18.3 Å². The Hall–Kier alpha value is -1.73. The molecule has 0 fully saturated rings. The SMILES string of the molecule is Cn1nncc1CNc1c(Cl)ccc2nsnc12. The van der Waals surface area contributed by atoms with Crippen LogP contribution in [-0.4, -0.2) is 23.7 Å². The minimum atomic E-state index is 0.583. The van der Waals surface area contributed by atoms with Crippen LogP contribution in [0.5, 0.6) is 0 Å². The van der Waals surface area contributed by atoms with Crippen molar-refractivity contribution in [1.29, 1.82) is 0 Å². The Kier molecular flexibility index (Phi) is 2.85. The van der Waals surface area contributed by atoms with Crippen LogP contribution in [0.3, 0.4) is 0 Å². The first-order valence-electron chi connectivity index (χ1n) is 5.24. The third kappa shape index (κ3) is 1.91. The van der Waals surface area contributed by atoms with Gasteiger partial charge in [-0.3, -0.25) is 4.68 Å². The molecule has 0 saturated carbocycles. The number of hydrogen-bond donors (Lipinski definition) is 1. The topological polar surface area (TPSA) is 68.5 Å². The Morgan fingerprint density at radius 2 is 2.28 bits per heavy atom. The summed E-state index contributed by atoms with van der Waals surface area (Å²) in [6.45, 7) is 0.583. The first-order valence-corrected chi connectivity index (χ1v) is 6.35. The van der Waals surface area contributed by atoms with E-state index in [0.29, 0.717) is 11.6 Å². The van der Waals surface area contributed by atoms with E-state index in [0.717, 1.165) is 22.4 Å². The largest absolute Gasteiger partial charge is 0.376 e. The number of hydrogen-bond acceptors (Lipinski definition) is 6. The molecule has 0 aliphatic rings. The van der Waals surface area contributed by atoms with Crippen LogP contribution in [-0.2, 0) is 13.6 Å². The summed E-state index contributed by atoms with van der Waals surface area (Å²) in [7, 11) is 1.84. The molecule has 0 amide bonds. The molecule has 3 aromatic rings. The van der Waals surface area contributed by atoms with Gasteiger partial charge in [-0.15, -0.1) is 5.10 Å². The summed E-state index contributed by atoms with van der Waals surface area (Å²) in [5.74, 6) is 0. The van der Waals surface area contributed by atoms with E-state index in [1.807, 2.05) is 19.2 Å². The zero-order valence-corrected chi connectivity index (χ0v) is 11.0. The second-order valence-electron chi connectivity index (χ2n) is 3.76. The van der Waals surface area contributed by atoms with Crippen LogP contribution in [0.25, 0.3) is 11.0 Å². The molecule has 0 bridgehead atoms. The van der Waals surface area contributed by atoms with Gasteiger partial charge in [0.1, 0.15) is 11.0 Å². The maximum Gasteiger partial charge on any atom is 0.129 e. The highest BCUT2D eigenvalue weighted by atomic mass is 35.5. The Morgan fingerprint density at radius 1 is 1.39 bits per heavy atom. The summed E-state index contributed by atoms with van der Waals surface area (Å²) in [6.07, 6.45) is 1.71. The van der Waals surface area contributed by atoms with Crippen molar-refractivity contribution in [2.75, 3.05) is 5.32 Å². The lowest BCUT2D eigenvalue weighted by atomic mass is 10.2. The molecular weight excluding hydrogens is 272 g/mol. The minimum Gasteiger partial charge on any atom is -0.376 e. The number of fused-ring (bicyclic) bond motifs is 1. The second kappa shape index (κ2) is 4.51. The lowest BCUT2D eigenvalue weighted by Crippen LogP contribution is -2.06. The first kappa shape index (κ1) is 11.4. The Morgan fingerprint density at radius 3 is 3.06 bits per heavy atom. The van der Waals surface area contributed by atoms with Gasteiger partial charge < -0.3 is 5.32 Å². The van der Waals surface area contributed by atoms with E-state index in [2.05, 4.69) is 24.4 Å². The van der Waals surface area contributed by atoms with Gasteiger partial charge in [0.25, 0.3) is 0 Å². The molecule has 1 aromatic carbocycles. The van der Waals surface area contributed by atoms with Crippen LogP contribution in [0, 0.1) is 0 Å². The summed E-state index contributed by atoms with van der Waals surface area (Å²) < 4.78 is 10.1. The van der Waals surface area contributed by atoms with E-state index >= 15 is 0 Å². The third-order valence-corrected chi connectivity index (χ3v) is 3.49. The number of benzene rings is 1. The van der Waals surface area contributed by atoms with E-state index < -0.39 is 0 Å². The van der Waals surface area contributed by atoms with Gasteiger partial charge in [0.2, 0.25) is 0 Å². The van der Waals surface area contributed by atoms with Crippen LogP contribution in [0.2, 0.25) is 5.02 Å². The smallest absolute Gasteiger partial charge is 0.129 e. The Bertz CT molecular complexity index is 691. The van der Waals surface area contributed by atoms with E-state index in [1.165, 1.54) is 11.7 Å². The highest BCUT2D eigenvalue weighted by molar-refractivity contribution is 7.00. The number of nitrogens with zero attached hydrogens (tertiary/aromatic N) is 5. The predicted molar refractivity (Wildman–Crippen MR) is 70.8 cm³/mol. The molecule has 0 unspecified atom stereocenters. The number of aryl methyl sites for hydroxylation is 1. The fraction of sp³-hybridized carbons (Fsp3) is 0.200. The normalized spacial score (nSPS) is 11.0. The molecule has 2 aromatic heterocycles. The molecule has 0 spiro atoms. The third-order valence-electron chi connectivity index (χ3n) is 2.63. The van der Waals surface area contributed by atoms with Gasteiger partial charge in [0.15, 0.2) is 0 Å². The van der Waals surface area contributed by atoms with Crippen molar-refractivity contribution in [2.24, 2.45) is 7.05 Å². The summed E-state index contributed by atoms with van der Waals surface area (Å²) in [4.78, 5) is 0. The van der Waals surface area contributed by atoms with Gasteiger partial charge in [-0.25, -0.2) is 0 Å². The summed E-state index contributed by atoms with van der Waals surface area (Å²) in [6, 6.07) is 3.67. The lowest BCUT2D eigenvalue weighted by Gasteiger charge is -2.08. The average Bonchev–Trinajstić information content (AvgIpc) is 2.97. The predicted octanol–water partition coefficient (Wildman–Crippen LogP) is 2.09. The van der Waals surface area contributed by atoms with Crippen LogP contribution in [0.1, 0.15) is 5.69 Å². The molecule has 92 valence electrons. The number of halogens is 1. The molecule has 0 saturated heterocycles. The highest BCUT2D eigenvalue weighted by Crippen LogP contribution is 2.30. The molecule has 0 aliphatic carbocycles. The van der Waals surface area contributed by atoms with Crippen LogP contribution < -0.4 is 5.32 Å². The van der Waals surface area contributed by atoms with Crippen molar-refractivity contribution >= 4 is 40.0 Å². The molecular formula is C10H9ClN6S. The van der Waals surface area contributed by atoms with Crippen LogP contribution >= 0.6 is 23.3 Å². The lowest BCUT2D eigenvalue weighted by molar-refractivity contribution is 0.683. The molecule has 2 heterocycles. The average molecular weight is 281 g/mol. The van der Waals surface area contributed by atoms with Crippen molar-refractivity contribution in [1.82, 2.24) is 23.7 Å². The molecule has 3 rings (SSSR count). The van der Waals surface area contributed by atoms with Crippen molar-refractivity contribution in [2.45, 2.75) is 6.54 Å². The monoisotopic (exact) mass is 280 g/mol. The number of rotatable bonds is 3. The fourth-order valence-corrected chi connectivity index (χ4v) is 2.41. The van der Waals surface area contributed by atoms with Crippen molar-refractivity contribution < 1.29 is 0 Å². The van der Waals surface area contributed by atoms with E-state index in [4.69, 9.17) is 11.6 Å². The van der Waals surface area contributed by atoms with E-state index in [9.17, 15) is 0 Å². The molecule has 0 aliphatic heterocycles. The second-order valence-corrected chi connectivity index (χ2v) is 4.69. The van der Waals surface area contributed by atoms with E-state index in [-0.39, 0.29) is 0 Å². The van der Waals surface area contributed by atoms with Crippen molar-refractivity contribution in [3.05, 3.63) is 29.0 Å². The van der Waals surface area contributed by atoms with Gasteiger partial charge in [0, 0.05) is 7.05 Å². The molecule has 6 nitrogen and oxygen atoms in total. The molecule has 18 heavy (non-hydrogen) atoms. The highest BCUT2D eigenvalue weighted by Gasteiger charge is 2.10. The maximum atomic E-state index is 6.18. The number of anilines is 1. The van der Waals surface area contributed by atoms with Gasteiger partial charge in [-0.05, 0) is 12.1 Å². The van der Waals surface area contributed by atoms with Crippen molar-refractivity contribution in [3.63, 3.8) is 0 Å². The van der Waals surface area contributed by atoms with Crippen molar-refractivity contribution in [3.8, 4) is 0 Å². The maximum absolute atomic E-state index is 6.18. The first-order chi connectivity index (χ1) is 8.75. The zero-order valence-electron chi connectivity index (χ0n) is 9.46. The quantitative estimate of drug-likeness (QED) is 0.795. The molecule has 0 atom stereocenters. The molecule has 1 N–H and O–H groups in total. The summed E-state index contributed by atoms with van der Waals surface area (Å²) in [5, 5.41) is 11.6. The number of aromatic nitrogens is 5. The number of nitrogens with one attached hydrogen (secondary N) is 1. The fourth-order valence-electron chi connectivity index (χ4n) is 1.64. The van der Waals surface area contributed by atoms with Crippen LogP contribution in [0.4, 0.5) is 5.69 Å². The zero-order chi connectivity index (χ0) is 12.5. The van der Waals surface area contributed by atoms with Gasteiger partial charge in [-0.1, -0.05) is 16.8 Å². The van der Waals surface area contributed by atoms with Gasteiger partial charge >= 0.3 is 0 Å². The minimum absolute atomic E-state index is 0.583. The van der Waals surface area contributed by atoms with Gasteiger partial charge in [0.05, 0.1) is 40.9 Å². The summed E-state index contributed by atoms with van der Waals surface area (Å²) in [5.41, 5.74) is 3.40. The van der Waals surface area contributed by atoms with E-state index in [1.54, 1.807) is 10.9 Å². The Balaban J connectivity index is 1.92.